The van der Waals surface area contributed by atoms with E-state index in [0.717, 1.165) is 21.3 Å². The van der Waals surface area contributed by atoms with Crippen LogP contribution in [0.4, 0.5) is 5.69 Å². The number of fused-ring (bicyclic) bond motifs is 2. The third-order valence-corrected chi connectivity index (χ3v) is 5.00. The van der Waals surface area contributed by atoms with Crippen LogP contribution in [0, 0.1) is 0 Å². The summed E-state index contributed by atoms with van der Waals surface area (Å²) in [6.45, 7) is 0.651. The van der Waals surface area contributed by atoms with E-state index in [1.165, 1.54) is 10.1 Å². The maximum absolute atomic E-state index is 12.5. The van der Waals surface area contributed by atoms with E-state index in [9.17, 15) is 4.79 Å². The van der Waals surface area contributed by atoms with Gasteiger partial charge in [0, 0.05) is 20.4 Å². The molecule has 0 N–H and O–H groups in total. The third-order valence-electron chi connectivity index (χ3n) is 3.63. The number of hydrogen-bond acceptors (Lipinski definition) is 2. The molecule has 4 heteroatoms. The van der Waals surface area contributed by atoms with Gasteiger partial charge in [0.15, 0.2) is 0 Å². The zero-order valence-corrected chi connectivity index (χ0v) is 12.9. The molecule has 1 aromatic heterocycles. The van der Waals surface area contributed by atoms with Gasteiger partial charge in [-0.05, 0) is 46.7 Å². The fourth-order valence-electron chi connectivity index (χ4n) is 2.59. The van der Waals surface area contributed by atoms with Gasteiger partial charge in [0.2, 0.25) is 0 Å². The molecule has 0 saturated carbocycles. The Labute approximate surface area is 128 Å². The van der Waals surface area contributed by atoms with Crippen LogP contribution in [-0.4, -0.2) is 5.91 Å². The molecule has 0 radical (unpaired) electrons. The quantitative estimate of drug-likeness (QED) is 0.620. The van der Waals surface area contributed by atoms with E-state index in [1.807, 2.05) is 29.2 Å². The summed E-state index contributed by atoms with van der Waals surface area (Å²) in [4.78, 5) is 14.4. The van der Waals surface area contributed by atoms with E-state index in [4.69, 9.17) is 0 Å². The molecule has 98 valence electrons. The fourth-order valence-corrected chi connectivity index (χ4v) is 3.78. The minimum absolute atomic E-state index is 0.0807. The SMILES string of the molecule is O=C1c2cc(Br)ccc2CN1c1ccc2ccsc2c1. The van der Waals surface area contributed by atoms with Crippen molar-refractivity contribution in [2.24, 2.45) is 0 Å². The van der Waals surface area contributed by atoms with Crippen LogP contribution in [0.3, 0.4) is 0 Å². The molecule has 0 unspecified atom stereocenters. The summed E-state index contributed by atoms with van der Waals surface area (Å²) in [6, 6.07) is 14.2. The molecule has 0 aliphatic carbocycles. The van der Waals surface area contributed by atoms with Gasteiger partial charge in [0.05, 0.1) is 6.54 Å². The van der Waals surface area contributed by atoms with Gasteiger partial charge in [0.25, 0.3) is 5.91 Å². The molecular weight excluding hydrogens is 334 g/mol. The molecule has 0 atom stereocenters. The maximum Gasteiger partial charge on any atom is 0.258 e. The summed E-state index contributed by atoms with van der Waals surface area (Å²) in [5.74, 6) is 0.0807. The van der Waals surface area contributed by atoms with Crippen molar-refractivity contribution in [2.45, 2.75) is 6.54 Å². The third kappa shape index (κ3) is 1.79. The van der Waals surface area contributed by atoms with Gasteiger partial charge in [-0.1, -0.05) is 28.1 Å². The summed E-state index contributed by atoms with van der Waals surface area (Å²) in [6.07, 6.45) is 0. The van der Waals surface area contributed by atoms with E-state index < -0.39 is 0 Å². The number of carbonyl (C=O) groups is 1. The molecule has 20 heavy (non-hydrogen) atoms. The van der Waals surface area contributed by atoms with Crippen molar-refractivity contribution in [3.8, 4) is 0 Å². The van der Waals surface area contributed by atoms with Crippen molar-refractivity contribution in [3.05, 3.63) is 63.4 Å². The van der Waals surface area contributed by atoms with Gasteiger partial charge >= 0.3 is 0 Å². The Morgan fingerprint density at radius 3 is 2.90 bits per heavy atom. The van der Waals surface area contributed by atoms with E-state index in [2.05, 4.69) is 39.5 Å². The standard InChI is InChI=1S/C16H10BrNOS/c17-12-3-1-11-9-18(16(19)14(11)7-12)13-4-2-10-5-6-20-15(10)8-13/h1-8H,9H2. The van der Waals surface area contributed by atoms with E-state index >= 15 is 0 Å². The lowest BCUT2D eigenvalue weighted by Gasteiger charge is -2.15. The first-order valence-electron chi connectivity index (χ1n) is 6.30. The van der Waals surface area contributed by atoms with Crippen molar-refractivity contribution in [2.75, 3.05) is 4.90 Å². The zero-order valence-electron chi connectivity index (χ0n) is 10.5. The number of rotatable bonds is 1. The van der Waals surface area contributed by atoms with Crippen LogP contribution < -0.4 is 4.90 Å². The molecular formula is C16H10BrNOS. The van der Waals surface area contributed by atoms with Crippen LogP contribution >= 0.6 is 27.3 Å². The Morgan fingerprint density at radius 1 is 1.10 bits per heavy atom. The first-order chi connectivity index (χ1) is 9.72. The van der Waals surface area contributed by atoms with Crippen LogP contribution in [0.5, 0.6) is 0 Å². The van der Waals surface area contributed by atoms with Gasteiger partial charge in [-0.3, -0.25) is 4.79 Å². The lowest BCUT2D eigenvalue weighted by molar-refractivity contribution is 0.0996. The predicted molar refractivity (Wildman–Crippen MR) is 86.5 cm³/mol. The number of halogens is 1. The molecule has 1 aliphatic rings. The van der Waals surface area contributed by atoms with Crippen molar-refractivity contribution in [3.63, 3.8) is 0 Å². The van der Waals surface area contributed by atoms with Gasteiger partial charge in [-0.2, -0.15) is 0 Å². The fraction of sp³-hybridized carbons (Fsp3) is 0.0625. The van der Waals surface area contributed by atoms with Crippen molar-refractivity contribution in [1.82, 2.24) is 0 Å². The molecule has 0 spiro atoms. The van der Waals surface area contributed by atoms with Gasteiger partial charge in [0.1, 0.15) is 0 Å². The Morgan fingerprint density at radius 2 is 2.00 bits per heavy atom. The van der Waals surface area contributed by atoms with E-state index in [0.29, 0.717) is 6.54 Å². The number of amides is 1. The number of thiophene rings is 1. The second kappa shape index (κ2) is 4.43. The monoisotopic (exact) mass is 343 g/mol. The van der Waals surface area contributed by atoms with Gasteiger partial charge < -0.3 is 4.90 Å². The molecule has 4 rings (SSSR count). The molecule has 0 fully saturated rings. The summed E-state index contributed by atoms with van der Waals surface area (Å²) < 4.78 is 2.16. The van der Waals surface area contributed by atoms with Crippen LogP contribution in [0.2, 0.25) is 0 Å². The lowest BCUT2D eigenvalue weighted by atomic mass is 10.1. The van der Waals surface area contributed by atoms with E-state index in [1.54, 1.807) is 11.3 Å². The Kier molecular flexibility index (Phi) is 2.69. The largest absolute Gasteiger partial charge is 0.304 e. The normalized spacial score (nSPS) is 14.1. The number of nitrogens with zero attached hydrogens (tertiary/aromatic N) is 1. The summed E-state index contributed by atoms with van der Waals surface area (Å²) in [5.41, 5.74) is 2.85. The van der Waals surface area contributed by atoms with Gasteiger partial charge in [-0.15, -0.1) is 11.3 Å². The smallest absolute Gasteiger partial charge is 0.258 e. The highest BCUT2D eigenvalue weighted by Gasteiger charge is 2.28. The topological polar surface area (TPSA) is 20.3 Å². The molecule has 2 heterocycles. The zero-order chi connectivity index (χ0) is 13.7. The average molecular weight is 344 g/mol. The van der Waals surface area contributed by atoms with Crippen LogP contribution in [0.25, 0.3) is 10.1 Å². The highest BCUT2D eigenvalue weighted by atomic mass is 79.9. The second-order valence-corrected chi connectivity index (χ2v) is 6.70. The second-order valence-electron chi connectivity index (χ2n) is 4.84. The Balaban J connectivity index is 1.79. The number of hydrogen-bond donors (Lipinski definition) is 0. The Hall–Kier alpha value is -1.65. The minimum atomic E-state index is 0.0807. The van der Waals surface area contributed by atoms with Crippen LogP contribution in [0.15, 0.2) is 52.3 Å². The molecule has 3 aromatic rings. The summed E-state index contributed by atoms with van der Waals surface area (Å²) in [5, 5.41) is 3.30. The molecule has 0 saturated heterocycles. The van der Waals surface area contributed by atoms with Gasteiger partial charge in [-0.25, -0.2) is 0 Å². The lowest BCUT2D eigenvalue weighted by Crippen LogP contribution is -2.22. The summed E-state index contributed by atoms with van der Waals surface area (Å²) >= 11 is 5.13. The molecule has 0 bridgehead atoms. The molecule has 1 aliphatic heterocycles. The Bertz CT molecular complexity index is 839. The van der Waals surface area contributed by atoms with E-state index in [-0.39, 0.29) is 5.91 Å². The average Bonchev–Trinajstić information content (AvgIpc) is 3.03. The minimum Gasteiger partial charge on any atom is -0.304 e. The van der Waals surface area contributed by atoms with Crippen LogP contribution in [-0.2, 0) is 6.54 Å². The van der Waals surface area contributed by atoms with Crippen molar-refractivity contribution in [1.29, 1.82) is 0 Å². The first kappa shape index (κ1) is 12.1. The van der Waals surface area contributed by atoms with Crippen molar-refractivity contribution >= 4 is 48.9 Å². The summed E-state index contributed by atoms with van der Waals surface area (Å²) in [7, 11) is 0. The van der Waals surface area contributed by atoms with Crippen molar-refractivity contribution < 1.29 is 4.79 Å². The molecule has 1 amide bonds. The van der Waals surface area contributed by atoms with Crippen LogP contribution in [0.1, 0.15) is 15.9 Å². The first-order valence-corrected chi connectivity index (χ1v) is 7.97. The number of benzene rings is 2. The molecule has 2 aromatic carbocycles. The highest BCUT2D eigenvalue weighted by molar-refractivity contribution is 9.10. The number of anilines is 1. The molecule has 2 nitrogen and oxygen atoms in total. The highest BCUT2D eigenvalue weighted by Crippen LogP contribution is 2.33. The predicted octanol–water partition coefficient (Wildman–Crippen LogP) is 4.82. The number of carbonyl (C=O) groups excluding carboxylic acids is 1. The maximum atomic E-state index is 12.5.